The summed E-state index contributed by atoms with van der Waals surface area (Å²) in [6.45, 7) is 12.4. The number of hydrogen-bond acceptors (Lipinski definition) is 4. The number of imidazole rings is 1. The molecule has 0 unspecified atom stereocenters. The maximum atomic E-state index is 12.2. The molecule has 0 bridgehead atoms. The Labute approximate surface area is 230 Å². The first kappa shape index (κ1) is 26.0. The molecule has 5 aromatic rings. The van der Waals surface area contributed by atoms with Crippen molar-refractivity contribution in [2.75, 3.05) is 4.90 Å². The standard InChI is InChI=1S/C30H31BrN4O3/c1-7-24-33-26-17(2)14-18(3)32-28(26)34(24)16-19-12-13-23-21(15-19)25(31)27(38-23)20-10-8-9-11-22(20)35(29(36)37)30(4,5)6/h8-15H,7,16H2,1-6H3,(H,36,37). The summed E-state index contributed by atoms with van der Waals surface area (Å²) in [4.78, 5) is 23.3. The van der Waals surface area contributed by atoms with Gasteiger partial charge in [0.25, 0.3) is 0 Å². The zero-order valence-electron chi connectivity index (χ0n) is 22.5. The molecule has 0 aliphatic carbocycles. The van der Waals surface area contributed by atoms with E-state index in [0.717, 1.165) is 55.7 Å². The van der Waals surface area contributed by atoms with E-state index >= 15 is 0 Å². The molecule has 1 amide bonds. The molecule has 7 nitrogen and oxygen atoms in total. The number of hydrogen-bond donors (Lipinski definition) is 1. The zero-order chi connectivity index (χ0) is 27.4. The van der Waals surface area contributed by atoms with Gasteiger partial charge in [-0.1, -0.05) is 25.1 Å². The third-order valence-corrected chi connectivity index (χ3v) is 7.49. The molecular weight excluding hydrogens is 544 g/mol. The van der Waals surface area contributed by atoms with Crippen LogP contribution in [0.4, 0.5) is 10.5 Å². The Morgan fingerprint density at radius 1 is 1.11 bits per heavy atom. The number of fused-ring (bicyclic) bond motifs is 2. The molecular formula is C30H31BrN4O3. The summed E-state index contributed by atoms with van der Waals surface area (Å²) < 4.78 is 9.29. The molecule has 0 aliphatic heterocycles. The Balaban J connectivity index is 1.61. The van der Waals surface area contributed by atoms with Crippen molar-refractivity contribution in [1.29, 1.82) is 0 Å². The van der Waals surface area contributed by atoms with E-state index in [1.165, 1.54) is 4.90 Å². The fraction of sp³-hybridized carbons (Fsp3) is 0.300. The van der Waals surface area contributed by atoms with Gasteiger partial charge in [0, 0.05) is 28.6 Å². The van der Waals surface area contributed by atoms with Crippen LogP contribution in [0.5, 0.6) is 0 Å². The number of rotatable bonds is 5. The third kappa shape index (κ3) is 4.47. The number of carboxylic acid groups (broad SMARTS) is 1. The summed E-state index contributed by atoms with van der Waals surface area (Å²) in [5.41, 5.74) is 6.40. The SMILES string of the molecule is CCc1nc2c(C)cc(C)nc2n1Cc1ccc2oc(-c3ccccc3N(C(=O)O)C(C)(C)C)c(Br)c2c1. The fourth-order valence-corrected chi connectivity index (χ4v) is 5.67. The summed E-state index contributed by atoms with van der Waals surface area (Å²) in [5, 5.41) is 10.9. The number of nitrogens with zero attached hydrogens (tertiary/aromatic N) is 4. The first-order chi connectivity index (χ1) is 18.0. The van der Waals surface area contributed by atoms with Gasteiger partial charge in [0.1, 0.15) is 16.9 Å². The van der Waals surface area contributed by atoms with Crippen LogP contribution < -0.4 is 4.90 Å². The van der Waals surface area contributed by atoms with E-state index in [2.05, 4.69) is 52.5 Å². The highest BCUT2D eigenvalue weighted by molar-refractivity contribution is 9.10. The molecule has 3 aromatic heterocycles. The van der Waals surface area contributed by atoms with Crippen LogP contribution in [0.15, 0.2) is 57.4 Å². The topological polar surface area (TPSA) is 84.4 Å². The number of para-hydroxylation sites is 1. The quantitative estimate of drug-likeness (QED) is 0.229. The molecule has 0 atom stereocenters. The summed E-state index contributed by atoms with van der Waals surface area (Å²) >= 11 is 3.77. The van der Waals surface area contributed by atoms with Gasteiger partial charge in [0.2, 0.25) is 0 Å². The highest BCUT2D eigenvalue weighted by atomic mass is 79.9. The first-order valence-corrected chi connectivity index (χ1v) is 13.5. The molecule has 0 spiro atoms. The highest BCUT2D eigenvalue weighted by Crippen LogP contribution is 2.43. The van der Waals surface area contributed by atoms with Crippen LogP contribution >= 0.6 is 15.9 Å². The number of amides is 1. The van der Waals surface area contributed by atoms with Crippen molar-refractivity contribution in [2.24, 2.45) is 0 Å². The van der Waals surface area contributed by atoms with E-state index in [4.69, 9.17) is 14.4 Å². The predicted octanol–water partition coefficient (Wildman–Crippen LogP) is 8.12. The van der Waals surface area contributed by atoms with Crippen molar-refractivity contribution >= 4 is 49.8 Å². The number of aryl methyl sites for hydroxylation is 3. The minimum atomic E-state index is -1.02. The monoisotopic (exact) mass is 574 g/mol. The van der Waals surface area contributed by atoms with E-state index in [9.17, 15) is 9.90 Å². The van der Waals surface area contributed by atoms with Gasteiger partial charge in [-0.05, 0) is 92.0 Å². The van der Waals surface area contributed by atoms with Crippen LogP contribution in [0.2, 0.25) is 0 Å². The molecule has 3 heterocycles. The summed E-state index contributed by atoms with van der Waals surface area (Å²) in [5.74, 6) is 1.59. The van der Waals surface area contributed by atoms with Gasteiger partial charge in [0.15, 0.2) is 11.4 Å². The molecule has 2 aromatic carbocycles. The molecule has 0 radical (unpaired) electrons. The largest absolute Gasteiger partial charge is 0.465 e. The van der Waals surface area contributed by atoms with Crippen LogP contribution in [-0.2, 0) is 13.0 Å². The number of anilines is 1. The molecule has 196 valence electrons. The van der Waals surface area contributed by atoms with Gasteiger partial charge in [-0.25, -0.2) is 14.8 Å². The second kappa shape index (κ2) is 9.58. The third-order valence-electron chi connectivity index (χ3n) is 6.70. The molecule has 0 aliphatic rings. The van der Waals surface area contributed by atoms with Crippen LogP contribution in [0.1, 0.15) is 50.3 Å². The average molecular weight is 576 g/mol. The Morgan fingerprint density at radius 3 is 2.53 bits per heavy atom. The summed E-state index contributed by atoms with van der Waals surface area (Å²) in [6.07, 6.45) is -0.209. The molecule has 38 heavy (non-hydrogen) atoms. The van der Waals surface area contributed by atoms with Gasteiger partial charge in [-0.2, -0.15) is 0 Å². The van der Waals surface area contributed by atoms with Crippen LogP contribution in [0.3, 0.4) is 0 Å². The van der Waals surface area contributed by atoms with Gasteiger partial charge in [0.05, 0.1) is 16.7 Å². The number of furan rings is 1. The minimum Gasteiger partial charge on any atom is -0.465 e. The van der Waals surface area contributed by atoms with Crippen molar-refractivity contribution in [3.05, 3.63) is 75.6 Å². The highest BCUT2D eigenvalue weighted by Gasteiger charge is 2.31. The Bertz CT molecular complexity index is 1690. The lowest BCUT2D eigenvalue weighted by Gasteiger charge is -2.34. The Kier molecular flexibility index (Phi) is 6.55. The van der Waals surface area contributed by atoms with Crippen molar-refractivity contribution in [3.8, 4) is 11.3 Å². The summed E-state index contributed by atoms with van der Waals surface area (Å²) in [6, 6.07) is 15.6. The van der Waals surface area contributed by atoms with E-state index in [0.29, 0.717) is 23.6 Å². The second-order valence-corrected chi connectivity index (χ2v) is 11.4. The van der Waals surface area contributed by atoms with E-state index in [1.807, 2.05) is 58.0 Å². The number of carbonyl (C=O) groups is 1. The maximum Gasteiger partial charge on any atom is 0.412 e. The molecule has 1 N–H and O–H groups in total. The molecule has 0 saturated carbocycles. The number of halogens is 1. The van der Waals surface area contributed by atoms with Crippen LogP contribution in [0.25, 0.3) is 33.5 Å². The van der Waals surface area contributed by atoms with Crippen molar-refractivity contribution < 1.29 is 14.3 Å². The number of pyridine rings is 1. The van der Waals surface area contributed by atoms with Gasteiger partial charge in [-0.15, -0.1) is 0 Å². The lowest BCUT2D eigenvalue weighted by Crippen LogP contribution is -2.45. The molecule has 0 fully saturated rings. The predicted molar refractivity (Wildman–Crippen MR) is 155 cm³/mol. The van der Waals surface area contributed by atoms with E-state index in [1.54, 1.807) is 0 Å². The van der Waals surface area contributed by atoms with Crippen LogP contribution in [-0.4, -0.2) is 31.3 Å². The van der Waals surface area contributed by atoms with Gasteiger partial charge in [-0.3, -0.25) is 4.90 Å². The first-order valence-electron chi connectivity index (χ1n) is 12.7. The molecule has 8 heteroatoms. The minimum absolute atomic E-state index is 0.571. The zero-order valence-corrected chi connectivity index (χ0v) is 24.0. The van der Waals surface area contributed by atoms with Crippen LogP contribution in [0, 0.1) is 13.8 Å². The van der Waals surface area contributed by atoms with E-state index < -0.39 is 11.6 Å². The molecule has 0 saturated heterocycles. The smallest absolute Gasteiger partial charge is 0.412 e. The Morgan fingerprint density at radius 2 is 1.84 bits per heavy atom. The number of benzene rings is 2. The summed E-state index contributed by atoms with van der Waals surface area (Å²) in [7, 11) is 0. The second-order valence-electron chi connectivity index (χ2n) is 10.6. The average Bonchev–Trinajstić information content (AvgIpc) is 3.36. The van der Waals surface area contributed by atoms with Gasteiger partial charge < -0.3 is 14.1 Å². The Hall–Kier alpha value is -3.65. The lowest BCUT2D eigenvalue weighted by atomic mass is 10.0. The maximum absolute atomic E-state index is 12.2. The van der Waals surface area contributed by atoms with E-state index in [-0.39, 0.29) is 0 Å². The van der Waals surface area contributed by atoms with Crippen molar-refractivity contribution in [1.82, 2.24) is 14.5 Å². The van der Waals surface area contributed by atoms with Gasteiger partial charge >= 0.3 is 6.09 Å². The lowest BCUT2D eigenvalue weighted by molar-refractivity contribution is 0.195. The number of aromatic nitrogens is 3. The normalized spacial score (nSPS) is 12.0. The fourth-order valence-electron chi connectivity index (χ4n) is 5.07. The van der Waals surface area contributed by atoms with Crippen molar-refractivity contribution in [2.45, 2.75) is 60.0 Å². The van der Waals surface area contributed by atoms with Crippen molar-refractivity contribution in [3.63, 3.8) is 0 Å². The molecule has 5 rings (SSSR count).